The average Bonchev–Trinajstić information content (AvgIpc) is 3.40. The summed E-state index contributed by atoms with van der Waals surface area (Å²) in [5.41, 5.74) is 1.93. The minimum Gasteiger partial charge on any atom is -0.477 e. The lowest BCUT2D eigenvalue weighted by molar-refractivity contribution is 0.122. The minimum atomic E-state index is -3.09. The SMILES string of the molecule is CCOc1nc(C(C)(C)C)ncc1C1=NC(c2ccc(Cl)cc2)C(c2ccc(Cl)cc2)N1C(=O)N1CCN(CCS(C)(=O)=O)CC1.Cl. The summed E-state index contributed by atoms with van der Waals surface area (Å²) in [6.45, 7) is 10.8. The Hall–Kier alpha value is -2.96. The fraction of sp³-hybridized carbons (Fsp3) is 0.455. The van der Waals surface area contributed by atoms with Crippen molar-refractivity contribution in [2.24, 2.45) is 4.99 Å². The van der Waals surface area contributed by atoms with Gasteiger partial charge in [0.2, 0.25) is 5.88 Å². The van der Waals surface area contributed by atoms with Gasteiger partial charge in [-0.05, 0) is 42.3 Å². The van der Waals surface area contributed by atoms with Gasteiger partial charge in [0, 0.05) is 60.6 Å². The molecule has 3 heterocycles. The predicted octanol–water partition coefficient (Wildman–Crippen LogP) is 6.23. The zero-order valence-corrected chi connectivity index (χ0v) is 30.3. The van der Waals surface area contributed by atoms with Crippen molar-refractivity contribution in [2.45, 2.75) is 45.2 Å². The molecule has 0 saturated carbocycles. The van der Waals surface area contributed by atoms with Crippen molar-refractivity contribution in [3.8, 4) is 5.88 Å². The van der Waals surface area contributed by atoms with Crippen LogP contribution in [0.1, 0.15) is 62.3 Å². The van der Waals surface area contributed by atoms with Crippen molar-refractivity contribution >= 4 is 57.3 Å². The molecular weight excluding hydrogens is 683 g/mol. The number of ether oxygens (including phenoxy) is 1. The van der Waals surface area contributed by atoms with Gasteiger partial charge in [0.15, 0.2) is 0 Å². The molecule has 3 aromatic rings. The molecule has 0 aliphatic carbocycles. The van der Waals surface area contributed by atoms with E-state index in [1.165, 1.54) is 6.26 Å². The molecule has 10 nitrogen and oxygen atoms in total. The van der Waals surface area contributed by atoms with Crippen LogP contribution in [-0.2, 0) is 15.3 Å². The van der Waals surface area contributed by atoms with Gasteiger partial charge in [0.1, 0.15) is 27.5 Å². The number of nitrogens with zero attached hydrogens (tertiary/aromatic N) is 6. The second kappa shape index (κ2) is 15.1. The first kappa shape index (κ1) is 36.9. The van der Waals surface area contributed by atoms with Crippen molar-refractivity contribution in [3.63, 3.8) is 0 Å². The summed E-state index contributed by atoms with van der Waals surface area (Å²) in [5, 5.41) is 1.18. The van der Waals surface area contributed by atoms with Crippen molar-refractivity contribution in [3.05, 3.63) is 87.3 Å². The van der Waals surface area contributed by atoms with Crippen LogP contribution in [0.4, 0.5) is 4.79 Å². The topological polar surface area (TPSA) is 108 Å². The number of urea groups is 1. The van der Waals surface area contributed by atoms with Crippen LogP contribution < -0.4 is 4.74 Å². The molecule has 2 aliphatic heterocycles. The molecule has 0 bridgehead atoms. The summed E-state index contributed by atoms with van der Waals surface area (Å²) >= 11 is 12.6. The molecule has 2 amide bonds. The number of sulfone groups is 1. The van der Waals surface area contributed by atoms with E-state index < -0.39 is 21.9 Å². The molecule has 2 aliphatic rings. The van der Waals surface area contributed by atoms with Gasteiger partial charge < -0.3 is 9.64 Å². The molecule has 0 radical (unpaired) electrons. The highest BCUT2D eigenvalue weighted by Crippen LogP contribution is 2.45. The molecule has 1 fully saturated rings. The minimum absolute atomic E-state index is 0. The molecule has 14 heteroatoms. The Balaban J connectivity index is 0.00000500. The molecule has 2 aromatic carbocycles. The van der Waals surface area contributed by atoms with Crippen LogP contribution in [0.2, 0.25) is 10.0 Å². The van der Waals surface area contributed by atoms with Crippen LogP contribution in [0.3, 0.4) is 0 Å². The lowest BCUT2D eigenvalue weighted by Gasteiger charge is -2.39. The number of aromatic nitrogens is 2. The second-order valence-electron chi connectivity index (χ2n) is 12.7. The third kappa shape index (κ3) is 8.75. The molecular formula is C33H41Cl3N6O4S. The van der Waals surface area contributed by atoms with Crippen LogP contribution in [0.5, 0.6) is 5.88 Å². The number of hydrogen-bond acceptors (Lipinski definition) is 8. The van der Waals surface area contributed by atoms with E-state index in [1.54, 1.807) is 16.0 Å². The van der Waals surface area contributed by atoms with Crippen molar-refractivity contribution in [1.29, 1.82) is 0 Å². The van der Waals surface area contributed by atoms with Gasteiger partial charge in [0.25, 0.3) is 0 Å². The summed E-state index contributed by atoms with van der Waals surface area (Å²) in [6, 6.07) is 13.7. The normalized spacial score (nSPS) is 18.9. The highest BCUT2D eigenvalue weighted by molar-refractivity contribution is 7.90. The maximum absolute atomic E-state index is 14.7. The number of carbonyl (C=O) groups is 1. The predicted molar refractivity (Wildman–Crippen MR) is 189 cm³/mol. The van der Waals surface area contributed by atoms with E-state index in [0.29, 0.717) is 72.5 Å². The maximum Gasteiger partial charge on any atom is 0.326 e. The van der Waals surface area contributed by atoms with Gasteiger partial charge in [-0.15, -0.1) is 12.4 Å². The zero-order valence-electron chi connectivity index (χ0n) is 27.2. The summed E-state index contributed by atoms with van der Waals surface area (Å²) < 4.78 is 29.6. The number of benzene rings is 2. The summed E-state index contributed by atoms with van der Waals surface area (Å²) in [5.74, 6) is 1.46. The number of amidine groups is 1. The van der Waals surface area contributed by atoms with Crippen LogP contribution >= 0.6 is 35.6 Å². The fourth-order valence-corrected chi connectivity index (χ4v) is 6.43. The third-order valence-electron chi connectivity index (χ3n) is 8.06. The summed E-state index contributed by atoms with van der Waals surface area (Å²) in [4.78, 5) is 35.0. The van der Waals surface area contributed by atoms with Gasteiger partial charge in [-0.25, -0.2) is 18.2 Å². The van der Waals surface area contributed by atoms with Gasteiger partial charge >= 0.3 is 6.03 Å². The quantitative estimate of drug-likeness (QED) is 0.271. The molecule has 0 spiro atoms. The molecule has 1 aromatic heterocycles. The van der Waals surface area contributed by atoms with E-state index in [9.17, 15) is 13.2 Å². The molecule has 0 N–H and O–H groups in total. The van der Waals surface area contributed by atoms with Gasteiger partial charge in [-0.3, -0.25) is 14.8 Å². The second-order valence-corrected chi connectivity index (χ2v) is 15.8. The van der Waals surface area contributed by atoms with Crippen LogP contribution in [0.25, 0.3) is 0 Å². The number of aliphatic imine (C=N–C) groups is 1. The van der Waals surface area contributed by atoms with Crippen LogP contribution in [0.15, 0.2) is 59.7 Å². The Morgan fingerprint density at radius 3 is 2.06 bits per heavy atom. The van der Waals surface area contributed by atoms with E-state index in [1.807, 2.05) is 76.2 Å². The monoisotopic (exact) mass is 722 g/mol. The Morgan fingerprint density at radius 2 is 1.53 bits per heavy atom. The molecule has 1 saturated heterocycles. The third-order valence-corrected chi connectivity index (χ3v) is 9.49. The van der Waals surface area contributed by atoms with Crippen molar-refractivity contribution in [1.82, 2.24) is 24.7 Å². The van der Waals surface area contributed by atoms with E-state index in [2.05, 4.69) is 4.90 Å². The standard InChI is InChI=1S/C33H40Cl2N6O4S.ClH/c1-6-45-30-26(21-36-31(38-30)33(2,3)4)29-37-27(22-7-11-24(34)12-8-22)28(23-9-13-25(35)14-10-23)41(29)32(42)40-17-15-39(16-18-40)19-20-46(5,43)44;/h7-14,21,27-28H,6,15-20H2,1-5H3;1H. The molecule has 2 atom stereocenters. The van der Waals surface area contributed by atoms with E-state index in [-0.39, 0.29) is 29.6 Å². The number of halogens is 3. The highest BCUT2D eigenvalue weighted by atomic mass is 35.5. The van der Waals surface area contributed by atoms with Gasteiger partial charge in [0.05, 0.1) is 24.0 Å². The number of piperazine rings is 1. The van der Waals surface area contributed by atoms with E-state index in [0.717, 1.165) is 11.1 Å². The van der Waals surface area contributed by atoms with Crippen LogP contribution in [-0.4, -0.2) is 96.3 Å². The first-order valence-electron chi connectivity index (χ1n) is 15.3. The zero-order chi connectivity index (χ0) is 33.2. The molecule has 2 unspecified atom stereocenters. The first-order chi connectivity index (χ1) is 21.7. The van der Waals surface area contributed by atoms with Crippen molar-refractivity contribution in [2.75, 3.05) is 51.3 Å². The highest BCUT2D eigenvalue weighted by Gasteiger charge is 2.45. The number of hydrogen-bond donors (Lipinski definition) is 0. The Bertz CT molecular complexity index is 1690. The largest absolute Gasteiger partial charge is 0.477 e. The number of rotatable bonds is 8. The smallest absolute Gasteiger partial charge is 0.326 e. The van der Waals surface area contributed by atoms with Gasteiger partial charge in [-0.1, -0.05) is 68.2 Å². The molecule has 5 rings (SSSR count). The summed E-state index contributed by atoms with van der Waals surface area (Å²) in [6.07, 6.45) is 2.94. The summed E-state index contributed by atoms with van der Waals surface area (Å²) in [7, 11) is -3.09. The number of carbonyl (C=O) groups excluding carboxylic acids is 1. The van der Waals surface area contributed by atoms with Crippen LogP contribution in [0, 0.1) is 0 Å². The van der Waals surface area contributed by atoms with Gasteiger partial charge in [-0.2, -0.15) is 4.98 Å². The fourth-order valence-electron chi connectivity index (χ4n) is 5.59. The Labute approximate surface area is 293 Å². The lowest BCUT2D eigenvalue weighted by Crippen LogP contribution is -2.54. The Morgan fingerprint density at radius 1 is 0.957 bits per heavy atom. The first-order valence-corrected chi connectivity index (χ1v) is 18.1. The van der Waals surface area contributed by atoms with E-state index in [4.69, 9.17) is 42.9 Å². The average molecular weight is 724 g/mol. The molecule has 254 valence electrons. The van der Waals surface area contributed by atoms with E-state index >= 15 is 0 Å². The molecule has 47 heavy (non-hydrogen) atoms. The lowest BCUT2D eigenvalue weighted by atomic mass is 9.93. The Kier molecular flexibility index (Phi) is 11.8. The maximum atomic E-state index is 14.7. The van der Waals surface area contributed by atoms with Crippen molar-refractivity contribution < 1.29 is 17.9 Å². The number of amides is 2.